The summed E-state index contributed by atoms with van der Waals surface area (Å²) in [4.78, 5) is 2.26. The Hall–Kier alpha value is -3.65. The number of aryl methyl sites for hydroxylation is 2. The van der Waals surface area contributed by atoms with Crippen LogP contribution in [0.15, 0.2) is 107 Å². The van der Waals surface area contributed by atoms with Crippen LogP contribution >= 0.6 is 11.8 Å². The number of benzene rings is 4. The molecule has 4 aromatic rings. The average molecular weight is 415 g/mol. The van der Waals surface area contributed by atoms with Crippen LogP contribution in [0.2, 0.25) is 0 Å². The molecule has 0 N–H and O–H groups in total. The van der Waals surface area contributed by atoms with Crippen molar-refractivity contribution in [2.45, 2.75) is 23.6 Å². The standard InChI is InChI=1S/C30H22S/c1-23-11-15-25(16-12-23)19-21-27-7-3-5-9-29(27)31-30-10-6-4-8-28(30)22-20-26-17-13-24(2)14-18-26/h3-18H,1-2H3. The van der Waals surface area contributed by atoms with Gasteiger partial charge in [0.15, 0.2) is 0 Å². The van der Waals surface area contributed by atoms with Crippen LogP contribution in [0.4, 0.5) is 0 Å². The van der Waals surface area contributed by atoms with Crippen molar-refractivity contribution in [3.63, 3.8) is 0 Å². The Labute approximate surface area is 189 Å². The second-order valence-corrected chi connectivity index (χ2v) is 8.41. The molecule has 0 amide bonds. The molecule has 0 aliphatic rings. The lowest BCUT2D eigenvalue weighted by Crippen LogP contribution is -1.85. The van der Waals surface area contributed by atoms with Crippen LogP contribution in [0.25, 0.3) is 0 Å². The van der Waals surface area contributed by atoms with Gasteiger partial charge in [0, 0.05) is 32.0 Å². The molecule has 0 saturated carbocycles. The summed E-state index contributed by atoms with van der Waals surface area (Å²) in [5.74, 6) is 13.3. The Morgan fingerprint density at radius 3 is 1.26 bits per heavy atom. The third-order valence-corrected chi connectivity index (χ3v) is 5.93. The molecule has 0 nitrogen and oxygen atoms in total. The summed E-state index contributed by atoms with van der Waals surface area (Å²) in [6, 6.07) is 33.2. The van der Waals surface area contributed by atoms with E-state index in [9.17, 15) is 0 Å². The highest BCUT2D eigenvalue weighted by Gasteiger charge is 2.05. The molecule has 4 aromatic carbocycles. The first-order valence-electron chi connectivity index (χ1n) is 10.2. The fourth-order valence-electron chi connectivity index (χ4n) is 2.99. The summed E-state index contributed by atoms with van der Waals surface area (Å²) in [6.45, 7) is 4.17. The summed E-state index contributed by atoms with van der Waals surface area (Å²) >= 11 is 1.71. The van der Waals surface area contributed by atoms with E-state index < -0.39 is 0 Å². The quantitative estimate of drug-likeness (QED) is 0.311. The molecule has 148 valence electrons. The van der Waals surface area contributed by atoms with E-state index in [1.165, 1.54) is 11.1 Å². The minimum Gasteiger partial charge on any atom is -0.0875 e. The van der Waals surface area contributed by atoms with E-state index in [0.717, 1.165) is 32.0 Å². The first-order chi connectivity index (χ1) is 15.2. The maximum atomic E-state index is 3.34. The van der Waals surface area contributed by atoms with Crippen LogP contribution in [0.3, 0.4) is 0 Å². The van der Waals surface area contributed by atoms with Crippen molar-refractivity contribution < 1.29 is 0 Å². The molecule has 0 unspecified atom stereocenters. The Bertz CT molecular complexity index is 1200. The molecule has 0 bridgehead atoms. The predicted octanol–water partition coefficient (Wildman–Crippen LogP) is 7.25. The van der Waals surface area contributed by atoms with E-state index in [1.54, 1.807) is 11.8 Å². The summed E-state index contributed by atoms with van der Waals surface area (Å²) in [5.41, 5.74) is 6.57. The van der Waals surface area contributed by atoms with Crippen LogP contribution in [0.1, 0.15) is 33.4 Å². The van der Waals surface area contributed by atoms with Crippen LogP contribution in [-0.4, -0.2) is 0 Å². The van der Waals surface area contributed by atoms with Gasteiger partial charge in [0.05, 0.1) is 0 Å². The van der Waals surface area contributed by atoms with Crippen molar-refractivity contribution in [1.82, 2.24) is 0 Å². The largest absolute Gasteiger partial charge is 0.0875 e. The molecule has 4 rings (SSSR count). The zero-order chi connectivity index (χ0) is 21.5. The van der Waals surface area contributed by atoms with Gasteiger partial charge in [0.2, 0.25) is 0 Å². The topological polar surface area (TPSA) is 0 Å². The highest BCUT2D eigenvalue weighted by Crippen LogP contribution is 2.32. The first-order valence-corrected chi connectivity index (χ1v) is 11.0. The lowest BCUT2D eigenvalue weighted by molar-refractivity contribution is 1.36. The molecule has 0 spiro atoms. The van der Waals surface area contributed by atoms with Crippen molar-refractivity contribution in [3.8, 4) is 23.7 Å². The SMILES string of the molecule is Cc1ccc(C#Cc2ccccc2Sc2ccccc2C#Cc2ccc(C)cc2)cc1. The van der Waals surface area contributed by atoms with Crippen molar-refractivity contribution in [2.75, 3.05) is 0 Å². The maximum absolute atomic E-state index is 3.34. The molecule has 0 radical (unpaired) electrons. The fourth-order valence-corrected chi connectivity index (χ4v) is 3.98. The monoisotopic (exact) mass is 414 g/mol. The Morgan fingerprint density at radius 1 is 0.452 bits per heavy atom. The van der Waals surface area contributed by atoms with Crippen LogP contribution in [0, 0.1) is 37.5 Å². The molecule has 0 aliphatic heterocycles. The van der Waals surface area contributed by atoms with Gasteiger partial charge in [-0.3, -0.25) is 0 Å². The van der Waals surface area contributed by atoms with E-state index in [1.807, 2.05) is 12.1 Å². The average Bonchev–Trinajstić information content (AvgIpc) is 2.80. The zero-order valence-corrected chi connectivity index (χ0v) is 18.5. The van der Waals surface area contributed by atoms with E-state index in [0.29, 0.717) is 0 Å². The molecule has 0 fully saturated rings. The van der Waals surface area contributed by atoms with E-state index in [2.05, 4.69) is 122 Å². The first kappa shape index (κ1) is 20.6. The molecule has 1 heteroatoms. The summed E-state index contributed by atoms with van der Waals surface area (Å²) in [6.07, 6.45) is 0. The van der Waals surface area contributed by atoms with Crippen LogP contribution < -0.4 is 0 Å². The van der Waals surface area contributed by atoms with Gasteiger partial charge >= 0.3 is 0 Å². The van der Waals surface area contributed by atoms with Gasteiger partial charge in [-0.1, -0.05) is 95.1 Å². The van der Waals surface area contributed by atoms with E-state index >= 15 is 0 Å². The molecule has 0 atom stereocenters. The molecule has 0 aromatic heterocycles. The van der Waals surface area contributed by atoms with Gasteiger partial charge in [0.1, 0.15) is 0 Å². The lowest BCUT2D eigenvalue weighted by atomic mass is 10.1. The van der Waals surface area contributed by atoms with Gasteiger partial charge in [-0.2, -0.15) is 0 Å². The minimum atomic E-state index is 1.02. The van der Waals surface area contributed by atoms with Gasteiger partial charge in [-0.15, -0.1) is 0 Å². The molecular formula is C30H22S. The third-order valence-electron chi connectivity index (χ3n) is 4.78. The molecule has 31 heavy (non-hydrogen) atoms. The van der Waals surface area contributed by atoms with Gasteiger partial charge in [0.25, 0.3) is 0 Å². The second-order valence-electron chi connectivity index (χ2n) is 7.33. The van der Waals surface area contributed by atoms with Gasteiger partial charge in [-0.05, 0) is 62.4 Å². The van der Waals surface area contributed by atoms with Crippen molar-refractivity contribution in [1.29, 1.82) is 0 Å². The Balaban J connectivity index is 1.61. The number of rotatable bonds is 2. The molecular weight excluding hydrogens is 392 g/mol. The minimum absolute atomic E-state index is 1.02. The van der Waals surface area contributed by atoms with Gasteiger partial charge in [-0.25, -0.2) is 0 Å². The summed E-state index contributed by atoms with van der Waals surface area (Å²) in [7, 11) is 0. The fraction of sp³-hybridized carbons (Fsp3) is 0.0667. The maximum Gasteiger partial charge on any atom is 0.0388 e. The molecule has 0 heterocycles. The Kier molecular flexibility index (Phi) is 6.59. The summed E-state index contributed by atoms with van der Waals surface area (Å²) < 4.78 is 0. The van der Waals surface area contributed by atoms with Crippen LogP contribution in [-0.2, 0) is 0 Å². The zero-order valence-electron chi connectivity index (χ0n) is 17.6. The molecule has 0 aliphatic carbocycles. The lowest BCUT2D eigenvalue weighted by Gasteiger charge is -2.06. The van der Waals surface area contributed by atoms with Crippen LogP contribution in [0.5, 0.6) is 0 Å². The molecule has 0 saturated heterocycles. The van der Waals surface area contributed by atoms with E-state index in [4.69, 9.17) is 0 Å². The normalized spacial score (nSPS) is 9.87. The third kappa shape index (κ3) is 5.70. The smallest absolute Gasteiger partial charge is 0.0388 e. The number of hydrogen-bond donors (Lipinski definition) is 0. The van der Waals surface area contributed by atoms with Crippen molar-refractivity contribution >= 4 is 11.8 Å². The van der Waals surface area contributed by atoms with Crippen molar-refractivity contribution in [3.05, 3.63) is 130 Å². The second kappa shape index (κ2) is 9.90. The Morgan fingerprint density at radius 2 is 0.839 bits per heavy atom. The highest BCUT2D eigenvalue weighted by atomic mass is 32.2. The summed E-state index contributed by atoms with van der Waals surface area (Å²) in [5, 5.41) is 0. The van der Waals surface area contributed by atoms with Crippen molar-refractivity contribution in [2.24, 2.45) is 0 Å². The highest BCUT2D eigenvalue weighted by molar-refractivity contribution is 7.99. The van der Waals surface area contributed by atoms with Gasteiger partial charge < -0.3 is 0 Å². The number of hydrogen-bond acceptors (Lipinski definition) is 1. The van der Waals surface area contributed by atoms with E-state index in [-0.39, 0.29) is 0 Å². The predicted molar refractivity (Wildman–Crippen MR) is 131 cm³/mol.